The molecule has 1 atom stereocenters. The van der Waals surface area contributed by atoms with Gasteiger partial charge in [-0.2, -0.15) is 0 Å². The van der Waals surface area contributed by atoms with Gasteiger partial charge >= 0.3 is 0 Å². The molecule has 0 saturated heterocycles. The molecule has 1 aromatic rings. The Bertz CT molecular complexity index is 374. The molecule has 0 amide bonds. The van der Waals surface area contributed by atoms with E-state index in [0.29, 0.717) is 10.9 Å². The molecule has 1 aromatic carbocycles. The molecule has 2 nitrogen and oxygen atoms in total. The lowest BCUT2D eigenvalue weighted by molar-refractivity contribution is 0.593. The summed E-state index contributed by atoms with van der Waals surface area (Å²) in [6.45, 7) is 7.41. The van der Waals surface area contributed by atoms with Crippen molar-refractivity contribution < 1.29 is 0 Å². The quantitative estimate of drug-likeness (QED) is 0.772. The van der Waals surface area contributed by atoms with Gasteiger partial charge in [0.05, 0.1) is 0 Å². The second-order valence-electron chi connectivity index (χ2n) is 4.31. The average Bonchev–Trinajstić information content (AvgIpc) is 2.26. The smallest absolute Gasteiger partial charge is 0.106 e. The van der Waals surface area contributed by atoms with E-state index in [4.69, 9.17) is 18.0 Å². The molecule has 0 aliphatic heterocycles. The number of benzene rings is 1. The van der Waals surface area contributed by atoms with Crippen LogP contribution in [0.5, 0.6) is 0 Å². The van der Waals surface area contributed by atoms with E-state index in [1.54, 1.807) is 0 Å². The van der Waals surface area contributed by atoms with E-state index in [-0.39, 0.29) is 0 Å². The predicted molar refractivity (Wildman–Crippen MR) is 75.0 cm³/mol. The largest absolute Gasteiger partial charge is 0.389 e. The van der Waals surface area contributed by atoms with Crippen LogP contribution in [0.3, 0.4) is 0 Å². The summed E-state index contributed by atoms with van der Waals surface area (Å²) in [5, 5.41) is 3.40. The van der Waals surface area contributed by atoms with Crippen LogP contribution in [0.2, 0.25) is 0 Å². The Labute approximate surface area is 103 Å². The molecule has 0 radical (unpaired) electrons. The molecule has 0 fully saturated rings. The highest BCUT2D eigenvalue weighted by Crippen LogP contribution is 2.18. The van der Waals surface area contributed by atoms with Crippen LogP contribution in [0.15, 0.2) is 18.2 Å². The van der Waals surface area contributed by atoms with E-state index in [9.17, 15) is 0 Å². The molecule has 1 unspecified atom stereocenters. The zero-order chi connectivity index (χ0) is 12.1. The highest BCUT2D eigenvalue weighted by Gasteiger charge is 2.06. The first kappa shape index (κ1) is 13.0. The van der Waals surface area contributed by atoms with Crippen molar-refractivity contribution in [1.29, 1.82) is 0 Å². The van der Waals surface area contributed by atoms with Gasteiger partial charge in [-0.25, -0.2) is 0 Å². The number of aryl methyl sites for hydroxylation is 1. The van der Waals surface area contributed by atoms with Gasteiger partial charge in [0, 0.05) is 17.8 Å². The number of hydrogen-bond acceptors (Lipinski definition) is 2. The van der Waals surface area contributed by atoms with Gasteiger partial charge in [0.25, 0.3) is 0 Å². The van der Waals surface area contributed by atoms with Gasteiger partial charge in [0.15, 0.2) is 0 Å². The van der Waals surface area contributed by atoms with Crippen molar-refractivity contribution in [3.05, 3.63) is 29.3 Å². The number of nitrogens with one attached hydrogen (secondary N) is 1. The highest BCUT2D eigenvalue weighted by atomic mass is 32.1. The molecule has 88 valence electrons. The third kappa shape index (κ3) is 3.49. The Morgan fingerprint density at radius 2 is 2.19 bits per heavy atom. The minimum atomic E-state index is 0.454. The Morgan fingerprint density at radius 3 is 2.75 bits per heavy atom. The first-order valence-corrected chi connectivity index (χ1v) is 6.09. The highest BCUT2D eigenvalue weighted by molar-refractivity contribution is 7.80. The van der Waals surface area contributed by atoms with Crippen LogP contribution in [0.4, 0.5) is 5.69 Å². The summed E-state index contributed by atoms with van der Waals surface area (Å²) >= 11 is 5.06. The van der Waals surface area contributed by atoms with Gasteiger partial charge in [0.2, 0.25) is 0 Å². The molecule has 0 bridgehead atoms. The van der Waals surface area contributed by atoms with E-state index in [1.165, 1.54) is 12.0 Å². The maximum Gasteiger partial charge on any atom is 0.106 e. The number of thiocarbonyl (C=S) groups is 1. The third-order valence-electron chi connectivity index (χ3n) is 2.78. The molecule has 1 rings (SSSR count). The number of hydrogen-bond donors (Lipinski definition) is 2. The first-order valence-electron chi connectivity index (χ1n) is 5.69. The van der Waals surface area contributed by atoms with Crippen molar-refractivity contribution in [3.63, 3.8) is 0 Å². The molecule has 0 saturated carbocycles. The average molecular weight is 236 g/mol. The first-order chi connectivity index (χ1) is 7.54. The van der Waals surface area contributed by atoms with Gasteiger partial charge in [-0.15, -0.1) is 0 Å². The topological polar surface area (TPSA) is 38.0 Å². The van der Waals surface area contributed by atoms with E-state index < -0.39 is 0 Å². The number of rotatable bonds is 5. The van der Waals surface area contributed by atoms with Crippen molar-refractivity contribution in [3.8, 4) is 0 Å². The SMILES string of the molecule is CCC(C)CNc1ccc(C)cc1C(N)=S. The fourth-order valence-electron chi connectivity index (χ4n) is 1.44. The lowest BCUT2D eigenvalue weighted by atomic mass is 10.1. The molecule has 0 aromatic heterocycles. The Morgan fingerprint density at radius 1 is 1.50 bits per heavy atom. The Hall–Kier alpha value is -1.09. The van der Waals surface area contributed by atoms with Crippen LogP contribution >= 0.6 is 12.2 Å². The Balaban J connectivity index is 2.82. The van der Waals surface area contributed by atoms with Gasteiger partial charge in [-0.05, 0) is 25.0 Å². The molecular formula is C13H20N2S. The summed E-state index contributed by atoms with van der Waals surface area (Å²) < 4.78 is 0. The number of anilines is 1. The maximum atomic E-state index is 5.71. The second-order valence-corrected chi connectivity index (χ2v) is 4.75. The molecule has 3 heteroatoms. The van der Waals surface area contributed by atoms with E-state index in [0.717, 1.165) is 17.8 Å². The predicted octanol–water partition coefficient (Wildman–Crippen LogP) is 3.09. The van der Waals surface area contributed by atoms with Crippen LogP contribution in [-0.2, 0) is 0 Å². The van der Waals surface area contributed by atoms with Crippen LogP contribution in [0.25, 0.3) is 0 Å². The van der Waals surface area contributed by atoms with Crippen LogP contribution < -0.4 is 11.1 Å². The molecule has 3 N–H and O–H groups in total. The maximum absolute atomic E-state index is 5.71. The molecular weight excluding hydrogens is 216 g/mol. The molecule has 0 heterocycles. The van der Waals surface area contributed by atoms with Gasteiger partial charge in [-0.1, -0.05) is 44.1 Å². The lowest BCUT2D eigenvalue weighted by Gasteiger charge is -2.15. The van der Waals surface area contributed by atoms with Crippen LogP contribution in [-0.4, -0.2) is 11.5 Å². The minimum absolute atomic E-state index is 0.454. The van der Waals surface area contributed by atoms with Crippen molar-refractivity contribution >= 4 is 22.9 Å². The fraction of sp³-hybridized carbons (Fsp3) is 0.462. The van der Waals surface area contributed by atoms with Crippen molar-refractivity contribution in [1.82, 2.24) is 0 Å². The second kappa shape index (κ2) is 5.85. The fourth-order valence-corrected chi connectivity index (χ4v) is 1.61. The normalized spacial score (nSPS) is 12.2. The van der Waals surface area contributed by atoms with Crippen LogP contribution in [0, 0.1) is 12.8 Å². The monoisotopic (exact) mass is 236 g/mol. The zero-order valence-electron chi connectivity index (χ0n) is 10.2. The molecule has 0 aliphatic carbocycles. The van der Waals surface area contributed by atoms with Gasteiger partial charge in [0.1, 0.15) is 4.99 Å². The van der Waals surface area contributed by atoms with Crippen molar-refractivity contribution in [2.45, 2.75) is 27.2 Å². The van der Waals surface area contributed by atoms with Gasteiger partial charge < -0.3 is 11.1 Å². The van der Waals surface area contributed by atoms with Gasteiger partial charge in [-0.3, -0.25) is 0 Å². The van der Waals surface area contributed by atoms with Crippen LogP contribution in [0.1, 0.15) is 31.4 Å². The summed E-state index contributed by atoms with van der Waals surface area (Å²) in [6, 6.07) is 6.15. The number of nitrogens with two attached hydrogens (primary N) is 1. The van der Waals surface area contributed by atoms with E-state index in [2.05, 4.69) is 25.2 Å². The summed E-state index contributed by atoms with van der Waals surface area (Å²) in [5.74, 6) is 0.653. The summed E-state index contributed by atoms with van der Waals surface area (Å²) in [4.78, 5) is 0.454. The van der Waals surface area contributed by atoms with Crippen molar-refractivity contribution in [2.75, 3.05) is 11.9 Å². The Kier molecular flexibility index (Phi) is 4.74. The standard InChI is InChI=1S/C13H20N2S/c1-4-9(2)8-15-12-6-5-10(3)7-11(12)13(14)16/h5-7,9,15H,4,8H2,1-3H3,(H2,14,16). The zero-order valence-corrected chi connectivity index (χ0v) is 11.0. The lowest BCUT2D eigenvalue weighted by Crippen LogP contribution is -2.16. The summed E-state index contributed by atoms with van der Waals surface area (Å²) in [7, 11) is 0. The molecule has 16 heavy (non-hydrogen) atoms. The molecule has 0 spiro atoms. The van der Waals surface area contributed by atoms with E-state index in [1.807, 2.05) is 19.1 Å². The summed E-state index contributed by atoms with van der Waals surface area (Å²) in [5.41, 5.74) is 8.87. The third-order valence-corrected chi connectivity index (χ3v) is 3.00. The summed E-state index contributed by atoms with van der Waals surface area (Å²) in [6.07, 6.45) is 1.17. The molecule has 0 aliphatic rings. The minimum Gasteiger partial charge on any atom is -0.389 e. The van der Waals surface area contributed by atoms with Crippen molar-refractivity contribution in [2.24, 2.45) is 11.7 Å². The van der Waals surface area contributed by atoms with E-state index >= 15 is 0 Å².